The first kappa shape index (κ1) is 24.5. The molecule has 0 unspecified atom stereocenters. The average Bonchev–Trinajstić information content (AvgIpc) is 2.93. The second-order valence-corrected chi connectivity index (χ2v) is 8.07. The van der Waals surface area contributed by atoms with E-state index in [1.54, 1.807) is 26.3 Å². The average molecular weight is 481 g/mol. The summed E-state index contributed by atoms with van der Waals surface area (Å²) in [6.07, 6.45) is 0.830. The van der Waals surface area contributed by atoms with E-state index < -0.39 is 6.10 Å². The SMILES string of the molecule is COc1cc(/C=N\NC(=O)[C@@H](C)Oc2ccc(-c3ccccc3)cc2)ccc1OCc1ccccc1. The summed E-state index contributed by atoms with van der Waals surface area (Å²) in [7, 11) is 1.58. The fourth-order valence-corrected chi connectivity index (χ4v) is 3.49. The maximum atomic E-state index is 12.4. The molecule has 0 bridgehead atoms. The molecule has 1 N–H and O–H groups in total. The first-order valence-corrected chi connectivity index (χ1v) is 11.6. The zero-order valence-corrected chi connectivity index (χ0v) is 20.3. The molecule has 0 saturated carbocycles. The Labute approximate surface area is 211 Å². The quantitative estimate of drug-likeness (QED) is 0.228. The summed E-state index contributed by atoms with van der Waals surface area (Å²) in [6.45, 7) is 2.12. The van der Waals surface area contributed by atoms with Crippen LogP contribution in [-0.2, 0) is 11.4 Å². The van der Waals surface area contributed by atoms with E-state index in [-0.39, 0.29) is 5.91 Å². The molecule has 6 nitrogen and oxygen atoms in total. The molecule has 0 saturated heterocycles. The van der Waals surface area contributed by atoms with Gasteiger partial charge in [0.15, 0.2) is 17.6 Å². The molecule has 1 amide bonds. The van der Waals surface area contributed by atoms with Crippen molar-refractivity contribution in [1.29, 1.82) is 0 Å². The van der Waals surface area contributed by atoms with Crippen LogP contribution < -0.4 is 19.6 Å². The van der Waals surface area contributed by atoms with Gasteiger partial charge in [-0.15, -0.1) is 0 Å². The molecular formula is C30H28N2O4. The summed E-state index contributed by atoms with van der Waals surface area (Å²) < 4.78 is 17.1. The second-order valence-electron chi connectivity index (χ2n) is 8.07. The fourth-order valence-electron chi connectivity index (χ4n) is 3.49. The van der Waals surface area contributed by atoms with E-state index in [4.69, 9.17) is 14.2 Å². The molecular weight excluding hydrogens is 452 g/mol. The number of ether oxygens (including phenoxy) is 3. The topological polar surface area (TPSA) is 69.2 Å². The lowest BCUT2D eigenvalue weighted by Crippen LogP contribution is -2.33. The van der Waals surface area contributed by atoms with Gasteiger partial charge in [0.1, 0.15) is 12.4 Å². The number of benzene rings is 4. The van der Waals surface area contributed by atoms with Crippen LogP contribution in [0.3, 0.4) is 0 Å². The Balaban J connectivity index is 1.29. The lowest BCUT2D eigenvalue weighted by molar-refractivity contribution is -0.127. The zero-order chi connectivity index (χ0) is 25.2. The normalized spacial score (nSPS) is 11.6. The molecule has 0 aromatic heterocycles. The number of hydrazone groups is 1. The molecule has 4 aromatic carbocycles. The van der Waals surface area contributed by atoms with E-state index in [1.807, 2.05) is 97.1 Å². The Bertz CT molecular complexity index is 1290. The standard InChI is InChI=1S/C30H28N2O4/c1-22(36-27-16-14-26(15-17-27)25-11-7-4-8-12-25)30(33)32-31-20-24-13-18-28(29(19-24)34-2)35-21-23-9-5-3-6-10-23/h3-20,22H,21H2,1-2H3,(H,32,33)/b31-20-/t22-/m1/s1. The number of carbonyl (C=O) groups excluding carboxylic acids is 1. The number of nitrogens with zero attached hydrogens (tertiary/aromatic N) is 1. The molecule has 182 valence electrons. The number of carbonyl (C=O) groups is 1. The predicted octanol–water partition coefficient (Wildman–Crippen LogP) is 5.86. The van der Waals surface area contributed by atoms with Gasteiger partial charge in [0.2, 0.25) is 0 Å². The van der Waals surface area contributed by atoms with Crippen molar-refractivity contribution < 1.29 is 19.0 Å². The molecule has 0 heterocycles. The van der Waals surface area contributed by atoms with Crippen LogP contribution in [0.25, 0.3) is 11.1 Å². The number of hydrogen-bond acceptors (Lipinski definition) is 5. The molecule has 6 heteroatoms. The van der Waals surface area contributed by atoms with Gasteiger partial charge in [0.25, 0.3) is 5.91 Å². The maximum Gasteiger partial charge on any atom is 0.280 e. The van der Waals surface area contributed by atoms with Gasteiger partial charge in [-0.05, 0) is 59.5 Å². The first-order valence-electron chi connectivity index (χ1n) is 11.6. The van der Waals surface area contributed by atoms with Crippen molar-refractivity contribution in [3.63, 3.8) is 0 Å². The Morgan fingerprint density at radius 2 is 1.53 bits per heavy atom. The van der Waals surface area contributed by atoms with Crippen LogP contribution in [0, 0.1) is 0 Å². The van der Waals surface area contributed by atoms with E-state index >= 15 is 0 Å². The number of amides is 1. The minimum Gasteiger partial charge on any atom is -0.493 e. The summed E-state index contributed by atoms with van der Waals surface area (Å²) in [4.78, 5) is 12.4. The van der Waals surface area contributed by atoms with Crippen molar-refractivity contribution in [1.82, 2.24) is 5.43 Å². The molecule has 4 rings (SSSR count). The summed E-state index contributed by atoms with van der Waals surface area (Å²) in [5.41, 5.74) is 6.54. The third-order valence-corrected chi connectivity index (χ3v) is 5.46. The largest absolute Gasteiger partial charge is 0.493 e. The molecule has 0 aliphatic carbocycles. The predicted molar refractivity (Wildman–Crippen MR) is 141 cm³/mol. The highest BCUT2D eigenvalue weighted by Crippen LogP contribution is 2.28. The zero-order valence-electron chi connectivity index (χ0n) is 20.3. The van der Waals surface area contributed by atoms with Gasteiger partial charge in [-0.2, -0.15) is 5.10 Å². The van der Waals surface area contributed by atoms with Crippen molar-refractivity contribution in [3.05, 3.63) is 114 Å². The highest BCUT2D eigenvalue weighted by Gasteiger charge is 2.14. The fraction of sp³-hybridized carbons (Fsp3) is 0.133. The van der Waals surface area contributed by atoms with Crippen molar-refractivity contribution >= 4 is 12.1 Å². The van der Waals surface area contributed by atoms with Crippen LogP contribution in [0.5, 0.6) is 17.2 Å². The van der Waals surface area contributed by atoms with Crippen LogP contribution in [0.4, 0.5) is 0 Å². The van der Waals surface area contributed by atoms with E-state index in [2.05, 4.69) is 10.5 Å². The molecule has 1 atom stereocenters. The molecule has 0 aliphatic heterocycles. The number of methoxy groups -OCH3 is 1. The van der Waals surface area contributed by atoms with Crippen LogP contribution in [0.1, 0.15) is 18.1 Å². The molecule has 0 spiro atoms. The molecule has 0 fully saturated rings. The summed E-state index contributed by atoms with van der Waals surface area (Å²) in [5, 5.41) is 4.06. The van der Waals surface area contributed by atoms with Crippen molar-refractivity contribution in [2.75, 3.05) is 7.11 Å². The Hall–Kier alpha value is -4.58. The van der Waals surface area contributed by atoms with E-state index in [0.29, 0.717) is 23.9 Å². The first-order chi connectivity index (χ1) is 17.6. The summed E-state index contributed by atoms with van der Waals surface area (Å²) in [5.74, 6) is 1.46. The van der Waals surface area contributed by atoms with Crippen LogP contribution in [0.15, 0.2) is 108 Å². The number of nitrogens with one attached hydrogen (secondary N) is 1. The van der Waals surface area contributed by atoms with Gasteiger partial charge in [-0.3, -0.25) is 4.79 Å². The van der Waals surface area contributed by atoms with Crippen LogP contribution in [0.2, 0.25) is 0 Å². The summed E-state index contributed by atoms with van der Waals surface area (Å²) >= 11 is 0. The number of rotatable bonds is 10. The minimum absolute atomic E-state index is 0.354. The minimum atomic E-state index is -0.715. The van der Waals surface area contributed by atoms with Gasteiger partial charge in [-0.25, -0.2) is 5.43 Å². The maximum absolute atomic E-state index is 12.4. The van der Waals surface area contributed by atoms with Gasteiger partial charge < -0.3 is 14.2 Å². The Morgan fingerprint density at radius 3 is 2.22 bits per heavy atom. The second kappa shape index (κ2) is 12.2. The molecule has 0 aliphatic rings. The van der Waals surface area contributed by atoms with Gasteiger partial charge in [0.05, 0.1) is 13.3 Å². The highest BCUT2D eigenvalue weighted by molar-refractivity contribution is 5.85. The molecule has 0 radical (unpaired) electrons. The van der Waals surface area contributed by atoms with Gasteiger partial charge in [-0.1, -0.05) is 72.8 Å². The summed E-state index contributed by atoms with van der Waals surface area (Å²) in [6, 6.07) is 33.1. The monoisotopic (exact) mass is 480 g/mol. The highest BCUT2D eigenvalue weighted by atomic mass is 16.5. The Morgan fingerprint density at radius 1 is 0.861 bits per heavy atom. The van der Waals surface area contributed by atoms with Gasteiger partial charge in [0, 0.05) is 0 Å². The van der Waals surface area contributed by atoms with Crippen LogP contribution in [-0.4, -0.2) is 25.3 Å². The van der Waals surface area contributed by atoms with Crippen LogP contribution >= 0.6 is 0 Å². The smallest absolute Gasteiger partial charge is 0.280 e. The van der Waals surface area contributed by atoms with E-state index in [0.717, 1.165) is 22.3 Å². The third kappa shape index (κ3) is 6.73. The number of hydrogen-bond donors (Lipinski definition) is 1. The molecule has 36 heavy (non-hydrogen) atoms. The van der Waals surface area contributed by atoms with Crippen molar-refractivity contribution in [2.45, 2.75) is 19.6 Å². The third-order valence-electron chi connectivity index (χ3n) is 5.46. The molecule has 4 aromatic rings. The van der Waals surface area contributed by atoms with E-state index in [1.165, 1.54) is 0 Å². The Kier molecular flexibility index (Phi) is 8.33. The van der Waals surface area contributed by atoms with Gasteiger partial charge >= 0.3 is 0 Å². The van der Waals surface area contributed by atoms with E-state index in [9.17, 15) is 4.79 Å². The lowest BCUT2D eigenvalue weighted by Gasteiger charge is -2.13. The van der Waals surface area contributed by atoms with Crippen molar-refractivity contribution in [2.24, 2.45) is 5.10 Å². The lowest BCUT2D eigenvalue weighted by atomic mass is 10.1. The van der Waals surface area contributed by atoms with Crippen molar-refractivity contribution in [3.8, 4) is 28.4 Å².